The largest absolute Gasteiger partial charge is 0.339 e. The Bertz CT molecular complexity index is 1270. The summed E-state index contributed by atoms with van der Waals surface area (Å²) in [4.78, 5) is 28.7. The molecule has 0 aliphatic carbocycles. The van der Waals surface area contributed by atoms with Crippen molar-refractivity contribution in [1.29, 1.82) is 0 Å². The van der Waals surface area contributed by atoms with Crippen LogP contribution in [0.25, 0.3) is 10.9 Å². The summed E-state index contributed by atoms with van der Waals surface area (Å²) in [6.07, 6.45) is 3.42. The lowest BCUT2D eigenvalue weighted by Gasteiger charge is -2.39. The van der Waals surface area contributed by atoms with Crippen LogP contribution in [0.1, 0.15) is 47.2 Å². The van der Waals surface area contributed by atoms with E-state index in [4.69, 9.17) is 4.98 Å². The van der Waals surface area contributed by atoms with Gasteiger partial charge in [-0.05, 0) is 37.6 Å². The number of para-hydroxylation sites is 1. The van der Waals surface area contributed by atoms with E-state index in [1.165, 1.54) is 11.1 Å². The first-order valence-electron chi connectivity index (χ1n) is 12.7. The summed E-state index contributed by atoms with van der Waals surface area (Å²) >= 11 is 0. The molecule has 186 valence electrons. The number of nitrogens with one attached hydrogen (secondary N) is 1. The van der Waals surface area contributed by atoms with Crippen LogP contribution in [0.5, 0.6) is 0 Å². The lowest BCUT2D eigenvalue weighted by molar-refractivity contribution is 0.0773. The maximum Gasteiger partial charge on any atom is 0.253 e. The number of carbonyl (C=O) groups is 1. The molecule has 1 saturated heterocycles. The topological polar surface area (TPSA) is 81.2 Å². The highest BCUT2D eigenvalue weighted by atomic mass is 16.2. The molecule has 1 atom stereocenters. The lowest BCUT2D eigenvalue weighted by atomic mass is 9.93. The zero-order valence-electron chi connectivity index (χ0n) is 21.0. The molecule has 1 aliphatic heterocycles. The third-order valence-corrected chi connectivity index (χ3v) is 7.09. The zero-order valence-corrected chi connectivity index (χ0v) is 21.0. The van der Waals surface area contributed by atoms with Crippen molar-refractivity contribution in [2.45, 2.75) is 26.4 Å². The van der Waals surface area contributed by atoms with Gasteiger partial charge in [-0.3, -0.25) is 24.7 Å². The van der Waals surface area contributed by atoms with Gasteiger partial charge in [-0.1, -0.05) is 36.4 Å². The molecule has 8 heteroatoms. The minimum Gasteiger partial charge on any atom is -0.339 e. The van der Waals surface area contributed by atoms with Gasteiger partial charge in [0.1, 0.15) is 12.2 Å². The fourth-order valence-corrected chi connectivity index (χ4v) is 5.14. The number of carbonyl (C=O) groups excluding carboxylic acids is 1. The van der Waals surface area contributed by atoms with Crippen molar-refractivity contribution in [2.24, 2.45) is 0 Å². The highest BCUT2D eigenvalue weighted by Gasteiger charge is 2.28. The highest BCUT2D eigenvalue weighted by molar-refractivity contribution is 5.94. The number of aromatic amines is 1. The molecule has 4 aromatic rings. The molecule has 3 heterocycles. The van der Waals surface area contributed by atoms with Crippen LogP contribution < -0.4 is 0 Å². The van der Waals surface area contributed by atoms with Gasteiger partial charge in [-0.25, -0.2) is 4.98 Å². The Hall–Kier alpha value is -3.62. The van der Waals surface area contributed by atoms with E-state index < -0.39 is 0 Å². The van der Waals surface area contributed by atoms with Crippen LogP contribution in [-0.2, 0) is 6.54 Å². The average molecular weight is 484 g/mol. The molecule has 1 aliphatic rings. The standard InChI is InChI=1S/C28H33N7O/c1-3-34(4-2)28(36)23-12-10-22(11-13-23)27(24-9-5-7-21-8-6-14-29-26(21)24)35-17-15-33(16-18-35)19-25-30-20-31-32-25/h5-14,20,27H,3-4,15-19H2,1-2H3,(H,30,31,32). The monoisotopic (exact) mass is 483 g/mol. The van der Waals surface area contributed by atoms with Crippen LogP contribution in [0.15, 0.2) is 67.1 Å². The van der Waals surface area contributed by atoms with E-state index in [0.717, 1.165) is 55.0 Å². The summed E-state index contributed by atoms with van der Waals surface area (Å²) in [6, 6.07) is 18.7. The normalized spacial score (nSPS) is 15.7. The third-order valence-electron chi connectivity index (χ3n) is 7.09. The number of piperazine rings is 1. The molecule has 1 unspecified atom stereocenters. The Morgan fingerprint density at radius 3 is 2.42 bits per heavy atom. The van der Waals surface area contributed by atoms with Gasteiger partial charge in [0.05, 0.1) is 18.1 Å². The van der Waals surface area contributed by atoms with E-state index in [1.54, 1.807) is 6.33 Å². The van der Waals surface area contributed by atoms with Crippen molar-refractivity contribution in [3.8, 4) is 0 Å². The molecule has 0 saturated carbocycles. The fourth-order valence-electron chi connectivity index (χ4n) is 5.14. The van der Waals surface area contributed by atoms with E-state index in [9.17, 15) is 4.79 Å². The second kappa shape index (κ2) is 11.0. The van der Waals surface area contributed by atoms with Crippen molar-refractivity contribution in [3.05, 3.63) is 89.6 Å². The van der Waals surface area contributed by atoms with Crippen molar-refractivity contribution in [2.75, 3.05) is 39.3 Å². The van der Waals surface area contributed by atoms with Crippen molar-refractivity contribution < 1.29 is 4.79 Å². The third kappa shape index (κ3) is 5.01. The van der Waals surface area contributed by atoms with Gasteiger partial charge in [-0.2, -0.15) is 5.10 Å². The highest BCUT2D eigenvalue weighted by Crippen LogP contribution is 2.34. The summed E-state index contributed by atoms with van der Waals surface area (Å²) in [7, 11) is 0. The second-order valence-electron chi connectivity index (χ2n) is 9.17. The first-order chi connectivity index (χ1) is 17.7. The number of nitrogens with zero attached hydrogens (tertiary/aromatic N) is 6. The van der Waals surface area contributed by atoms with E-state index in [0.29, 0.717) is 13.1 Å². The molecule has 8 nitrogen and oxygen atoms in total. The van der Waals surface area contributed by atoms with E-state index in [2.05, 4.69) is 61.4 Å². The molecule has 2 aromatic heterocycles. The minimum absolute atomic E-state index is 0.0497. The predicted octanol–water partition coefficient (Wildman–Crippen LogP) is 3.74. The van der Waals surface area contributed by atoms with Gasteiger partial charge in [0.2, 0.25) is 0 Å². The van der Waals surface area contributed by atoms with Crippen LogP contribution in [0.2, 0.25) is 0 Å². The van der Waals surface area contributed by atoms with Gasteiger partial charge >= 0.3 is 0 Å². The molecule has 1 amide bonds. The van der Waals surface area contributed by atoms with Crippen molar-refractivity contribution in [3.63, 3.8) is 0 Å². The smallest absolute Gasteiger partial charge is 0.253 e. The van der Waals surface area contributed by atoms with E-state index in [1.807, 2.05) is 43.1 Å². The van der Waals surface area contributed by atoms with Crippen LogP contribution in [0.3, 0.4) is 0 Å². The summed E-state index contributed by atoms with van der Waals surface area (Å²) in [5.74, 6) is 0.975. The SMILES string of the molecule is CCN(CC)C(=O)c1ccc(C(c2cccc3cccnc23)N2CCN(Cc3ncn[nH]3)CC2)cc1. The van der Waals surface area contributed by atoms with Crippen LogP contribution in [0.4, 0.5) is 0 Å². The number of amides is 1. The molecule has 36 heavy (non-hydrogen) atoms. The summed E-state index contributed by atoms with van der Waals surface area (Å²) in [5.41, 5.74) is 4.12. The molecule has 2 aromatic carbocycles. The Morgan fingerprint density at radius 2 is 1.72 bits per heavy atom. The molecule has 5 rings (SSSR count). The number of aromatic nitrogens is 4. The first-order valence-corrected chi connectivity index (χ1v) is 12.7. The molecule has 1 N–H and O–H groups in total. The summed E-state index contributed by atoms with van der Waals surface area (Å²) in [5, 5.41) is 8.07. The molecule has 0 bridgehead atoms. The fraction of sp³-hybridized carbons (Fsp3) is 0.357. The maximum absolute atomic E-state index is 12.9. The van der Waals surface area contributed by atoms with E-state index >= 15 is 0 Å². The molecule has 0 radical (unpaired) electrons. The quantitative estimate of drug-likeness (QED) is 0.411. The summed E-state index contributed by atoms with van der Waals surface area (Å²) < 4.78 is 0. The van der Waals surface area contributed by atoms with Crippen LogP contribution in [-0.4, -0.2) is 80.0 Å². The average Bonchev–Trinajstić information content (AvgIpc) is 3.44. The Balaban J connectivity index is 1.45. The molecule has 1 fully saturated rings. The predicted molar refractivity (Wildman–Crippen MR) is 141 cm³/mol. The number of pyridine rings is 1. The van der Waals surface area contributed by atoms with Crippen molar-refractivity contribution in [1.82, 2.24) is 34.9 Å². The van der Waals surface area contributed by atoms with Gasteiger partial charge < -0.3 is 4.90 Å². The first kappa shape index (κ1) is 24.1. The zero-order chi connectivity index (χ0) is 24.9. The van der Waals surface area contributed by atoms with Crippen LogP contribution >= 0.6 is 0 Å². The molecular formula is C28H33N7O. The van der Waals surface area contributed by atoms with Gasteiger partial charge in [0.15, 0.2) is 0 Å². The Kier molecular flexibility index (Phi) is 7.34. The number of hydrogen-bond donors (Lipinski definition) is 1. The second-order valence-corrected chi connectivity index (χ2v) is 9.17. The number of hydrogen-bond acceptors (Lipinski definition) is 6. The van der Waals surface area contributed by atoms with Gasteiger partial charge in [0, 0.05) is 62.0 Å². The molecule has 0 spiro atoms. The lowest BCUT2D eigenvalue weighted by Crippen LogP contribution is -2.47. The number of rotatable bonds is 8. The number of H-pyrrole nitrogens is 1. The number of fused-ring (bicyclic) bond motifs is 1. The Morgan fingerprint density at radius 1 is 0.972 bits per heavy atom. The van der Waals surface area contributed by atoms with Gasteiger partial charge in [0.25, 0.3) is 5.91 Å². The summed E-state index contributed by atoms with van der Waals surface area (Å²) in [6.45, 7) is 9.94. The van der Waals surface area contributed by atoms with E-state index in [-0.39, 0.29) is 11.9 Å². The van der Waals surface area contributed by atoms with Crippen LogP contribution in [0, 0.1) is 0 Å². The molecular weight excluding hydrogens is 450 g/mol. The number of benzene rings is 2. The maximum atomic E-state index is 12.9. The van der Waals surface area contributed by atoms with Gasteiger partial charge in [-0.15, -0.1) is 0 Å². The van der Waals surface area contributed by atoms with Crippen molar-refractivity contribution >= 4 is 16.8 Å². The minimum atomic E-state index is 0.0497. The Labute approximate surface area is 212 Å².